The molecule has 0 aromatic heterocycles. The molecule has 0 atom stereocenters. The Balaban J connectivity index is 1.92. The third kappa shape index (κ3) is 6.57. The van der Waals surface area contributed by atoms with Gasteiger partial charge in [-0.25, -0.2) is 8.42 Å². The van der Waals surface area contributed by atoms with Crippen LogP contribution in [0.3, 0.4) is 0 Å². The van der Waals surface area contributed by atoms with Gasteiger partial charge in [-0.3, -0.25) is 9.10 Å². The predicted octanol–water partition coefficient (Wildman–Crippen LogP) is 3.85. The molecule has 1 aliphatic rings. The number of carbonyl (C=O) groups is 1. The number of amides is 1. The van der Waals surface area contributed by atoms with E-state index >= 15 is 0 Å². The van der Waals surface area contributed by atoms with Gasteiger partial charge in [-0.2, -0.15) is 0 Å². The standard InChI is InChI=1S/C27H38N2O6S/c1-19(2)16-29(25-8-6-22(14-20(25)3)27(31)28(4)5)36(32,33)24-7-9-26(23(15-24)17-30)35-18-21-10-12-34-13-11-21/h6-9,14-15,19,21,30H,10-13,16-18H2,1-5H3. The summed E-state index contributed by atoms with van der Waals surface area (Å²) in [6.45, 7) is 7.57. The van der Waals surface area contributed by atoms with Gasteiger partial charge in [0.05, 0.1) is 23.8 Å². The number of hydrogen-bond acceptors (Lipinski definition) is 6. The molecule has 0 bridgehead atoms. The molecule has 198 valence electrons. The van der Waals surface area contributed by atoms with Gasteiger partial charge in [0.2, 0.25) is 0 Å². The average molecular weight is 519 g/mol. The molecule has 1 fully saturated rings. The Morgan fingerprint density at radius 1 is 1.14 bits per heavy atom. The lowest BCUT2D eigenvalue weighted by molar-refractivity contribution is 0.0494. The molecule has 0 unspecified atom stereocenters. The maximum absolute atomic E-state index is 13.8. The van der Waals surface area contributed by atoms with E-state index in [1.807, 2.05) is 13.8 Å². The Morgan fingerprint density at radius 3 is 2.42 bits per heavy atom. The summed E-state index contributed by atoms with van der Waals surface area (Å²) in [5, 5.41) is 9.97. The second kappa shape index (κ2) is 12.1. The first-order valence-corrected chi connectivity index (χ1v) is 13.8. The number of aryl methyl sites for hydroxylation is 1. The molecule has 2 aromatic rings. The fourth-order valence-corrected chi connectivity index (χ4v) is 5.96. The van der Waals surface area contributed by atoms with Crippen molar-refractivity contribution in [1.82, 2.24) is 4.90 Å². The van der Waals surface area contributed by atoms with E-state index in [1.165, 1.54) is 21.3 Å². The van der Waals surface area contributed by atoms with Crippen molar-refractivity contribution in [3.05, 3.63) is 53.1 Å². The summed E-state index contributed by atoms with van der Waals surface area (Å²) < 4.78 is 40.4. The van der Waals surface area contributed by atoms with Gasteiger partial charge in [0.25, 0.3) is 15.9 Å². The number of rotatable bonds is 10. The van der Waals surface area contributed by atoms with E-state index in [2.05, 4.69) is 0 Å². The Labute approximate surface area is 214 Å². The van der Waals surface area contributed by atoms with Crippen molar-refractivity contribution in [1.29, 1.82) is 0 Å². The van der Waals surface area contributed by atoms with Gasteiger partial charge in [0.15, 0.2) is 0 Å². The molecule has 1 amide bonds. The Bertz CT molecular complexity index is 1160. The number of benzene rings is 2. The smallest absolute Gasteiger partial charge is 0.264 e. The molecule has 0 saturated carbocycles. The van der Waals surface area contributed by atoms with Gasteiger partial charge in [0.1, 0.15) is 5.75 Å². The zero-order valence-electron chi connectivity index (χ0n) is 21.9. The molecular formula is C27H38N2O6S. The molecule has 0 radical (unpaired) electrons. The minimum atomic E-state index is -3.95. The molecule has 0 spiro atoms. The van der Waals surface area contributed by atoms with Gasteiger partial charge in [-0.15, -0.1) is 0 Å². The molecule has 1 aliphatic heterocycles. The van der Waals surface area contributed by atoms with E-state index in [0.29, 0.717) is 53.9 Å². The first kappa shape index (κ1) is 28.0. The van der Waals surface area contributed by atoms with Crippen LogP contribution in [0.1, 0.15) is 48.2 Å². The van der Waals surface area contributed by atoms with Gasteiger partial charge in [0, 0.05) is 45.0 Å². The Hall–Kier alpha value is -2.62. The first-order valence-electron chi connectivity index (χ1n) is 12.3. The van der Waals surface area contributed by atoms with Crippen LogP contribution in [-0.4, -0.2) is 64.8 Å². The Morgan fingerprint density at radius 2 is 1.83 bits per heavy atom. The fourth-order valence-electron chi connectivity index (χ4n) is 4.21. The maximum Gasteiger partial charge on any atom is 0.264 e. The molecule has 0 aliphatic carbocycles. The van der Waals surface area contributed by atoms with Crippen LogP contribution in [-0.2, 0) is 21.4 Å². The lowest BCUT2D eigenvalue weighted by atomic mass is 10.0. The lowest BCUT2D eigenvalue weighted by Gasteiger charge is -2.28. The molecule has 8 nitrogen and oxygen atoms in total. The van der Waals surface area contributed by atoms with E-state index < -0.39 is 10.0 Å². The molecule has 36 heavy (non-hydrogen) atoms. The summed E-state index contributed by atoms with van der Waals surface area (Å²) in [6.07, 6.45) is 1.84. The third-order valence-corrected chi connectivity index (χ3v) is 8.03. The minimum Gasteiger partial charge on any atom is -0.493 e. The molecule has 2 aromatic carbocycles. The second-order valence-corrected chi connectivity index (χ2v) is 11.8. The van der Waals surface area contributed by atoms with Gasteiger partial charge in [-0.1, -0.05) is 13.8 Å². The van der Waals surface area contributed by atoms with Crippen LogP contribution in [0.25, 0.3) is 0 Å². The summed E-state index contributed by atoms with van der Waals surface area (Å²) >= 11 is 0. The van der Waals surface area contributed by atoms with Crippen molar-refractivity contribution in [2.45, 2.75) is 45.1 Å². The van der Waals surface area contributed by atoms with Gasteiger partial charge < -0.3 is 19.5 Å². The molecule has 1 heterocycles. The summed E-state index contributed by atoms with van der Waals surface area (Å²) in [4.78, 5) is 14.0. The summed E-state index contributed by atoms with van der Waals surface area (Å²) in [5.41, 5.74) is 2.13. The van der Waals surface area contributed by atoms with E-state index in [-0.39, 0.29) is 29.9 Å². The van der Waals surface area contributed by atoms with Crippen molar-refractivity contribution >= 4 is 21.6 Å². The number of aliphatic hydroxyl groups excluding tert-OH is 1. The van der Waals surface area contributed by atoms with E-state index in [1.54, 1.807) is 45.3 Å². The number of carbonyl (C=O) groups excluding carboxylic acids is 1. The normalized spacial score (nSPS) is 14.6. The third-order valence-electron chi connectivity index (χ3n) is 6.26. The van der Waals surface area contributed by atoms with Crippen molar-refractivity contribution in [3.63, 3.8) is 0 Å². The molecule has 9 heteroatoms. The molecule has 1 N–H and O–H groups in total. The van der Waals surface area contributed by atoms with Gasteiger partial charge in [-0.05, 0) is 73.6 Å². The van der Waals surface area contributed by atoms with Crippen molar-refractivity contribution in [2.24, 2.45) is 11.8 Å². The van der Waals surface area contributed by atoms with Crippen molar-refractivity contribution in [2.75, 3.05) is 44.8 Å². The fraction of sp³-hybridized carbons (Fsp3) is 0.519. The highest BCUT2D eigenvalue weighted by molar-refractivity contribution is 7.92. The lowest BCUT2D eigenvalue weighted by Crippen LogP contribution is -2.35. The van der Waals surface area contributed by atoms with Crippen molar-refractivity contribution in [3.8, 4) is 5.75 Å². The number of anilines is 1. The summed E-state index contributed by atoms with van der Waals surface area (Å²) in [7, 11) is -0.596. The predicted molar refractivity (Wildman–Crippen MR) is 140 cm³/mol. The van der Waals surface area contributed by atoms with E-state index in [4.69, 9.17) is 9.47 Å². The zero-order chi connectivity index (χ0) is 26.5. The van der Waals surface area contributed by atoms with Crippen LogP contribution in [0.4, 0.5) is 5.69 Å². The summed E-state index contributed by atoms with van der Waals surface area (Å²) in [6, 6.07) is 9.69. The highest BCUT2D eigenvalue weighted by atomic mass is 32.2. The van der Waals surface area contributed by atoms with Crippen LogP contribution in [0.2, 0.25) is 0 Å². The molecule has 3 rings (SSSR count). The number of ether oxygens (including phenoxy) is 2. The zero-order valence-corrected chi connectivity index (χ0v) is 22.7. The van der Waals surface area contributed by atoms with Gasteiger partial charge >= 0.3 is 0 Å². The largest absolute Gasteiger partial charge is 0.493 e. The van der Waals surface area contributed by atoms with E-state index in [0.717, 1.165) is 12.8 Å². The van der Waals surface area contributed by atoms with Crippen LogP contribution in [0, 0.1) is 18.8 Å². The van der Waals surface area contributed by atoms with Crippen LogP contribution in [0.15, 0.2) is 41.3 Å². The maximum atomic E-state index is 13.8. The number of hydrogen-bond donors (Lipinski definition) is 1. The topological polar surface area (TPSA) is 96.4 Å². The minimum absolute atomic E-state index is 0.0571. The number of nitrogens with zero attached hydrogens (tertiary/aromatic N) is 2. The van der Waals surface area contributed by atoms with E-state index in [9.17, 15) is 18.3 Å². The first-order chi connectivity index (χ1) is 17.0. The van der Waals surface area contributed by atoms with Crippen LogP contribution >= 0.6 is 0 Å². The quantitative estimate of drug-likeness (QED) is 0.513. The highest BCUT2D eigenvalue weighted by Gasteiger charge is 2.28. The van der Waals surface area contributed by atoms with Crippen LogP contribution < -0.4 is 9.04 Å². The SMILES string of the molecule is Cc1cc(C(=O)N(C)C)ccc1N(CC(C)C)S(=O)(=O)c1ccc(OCC2CCOCC2)c(CO)c1. The molecule has 1 saturated heterocycles. The van der Waals surface area contributed by atoms with Crippen LogP contribution in [0.5, 0.6) is 5.75 Å². The highest BCUT2D eigenvalue weighted by Crippen LogP contribution is 2.31. The molecular weight excluding hydrogens is 480 g/mol. The average Bonchev–Trinajstić information content (AvgIpc) is 2.86. The second-order valence-electron chi connectivity index (χ2n) is 9.93. The summed E-state index contributed by atoms with van der Waals surface area (Å²) in [5.74, 6) is 0.773. The Kier molecular flexibility index (Phi) is 9.38. The van der Waals surface area contributed by atoms with Crippen molar-refractivity contribution < 1.29 is 27.8 Å². The number of aliphatic hydroxyl groups is 1. The number of sulfonamides is 1. The monoisotopic (exact) mass is 518 g/mol.